The fourth-order valence-electron chi connectivity index (χ4n) is 3.52. The number of benzene rings is 2. The topological polar surface area (TPSA) is 41.6 Å². The zero-order valence-electron chi connectivity index (χ0n) is 13.2. The number of nitrogens with one attached hydrogen (secondary N) is 1. The molecular formula is C19H20N2O2. The first-order valence-electron chi connectivity index (χ1n) is 8.12. The van der Waals surface area contributed by atoms with Crippen molar-refractivity contribution in [1.82, 2.24) is 10.2 Å². The van der Waals surface area contributed by atoms with Gasteiger partial charge in [-0.2, -0.15) is 0 Å². The largest absolute Gasteiger partial charge is 0.436 e. The molecule has 0 radical (unpaired) electrons. The van der Waals surface area contributed by atoms with Crippen LogP contribution < -0.4 is 5.32 Å². The fraction of sp³-hybridized carbons (Fsp3) is 0.316. The molecule has 4 rings (SSSR count). The first-order chi connectivity index (χ1) is 11.3. The molecule has 0 saturated carbocycles. The molecule has 0 spiro atoms. The summed E-state index contributed by atoms with van der Waals surface area (Å²) in [5.74, 6) is 0. The van der Waals surface area contributed by atoms with E-state index in [0.717, 1.165) is 35.3 Å². The smallest absolute Gasteiger partial charge is 0.411 e. The van der Waals surface area contributed by atoms with Gasteiger partial charge in [0, 0.05) is 36.8 Å². The van der Waals surface area contributed by atoms with E-state index in [1.807, 2.05) is 36.1 Å². The highest BCUT2D eigenvalue weighted by molar-refractivity contribution is 5.79. The van der Waals surface area contributed by atoms with Gasteiger partial charge in [-0.1, -0.05) is 48.5 Å². The number of piperazine rings is 1. The quantitative estimate of drug-likeness (QED) is 0.879. The van der Waals surface area contributed by atoms with Crippen LogP contribution in [0.1, 0.15) is 24.2 Å². The van der Waals surface area contributed by atoms with Gasteiger partial charge in [-0.05, 0) is 18.1 Å². The minimum absolute atomic E-state index is 0.156. The van der Waals surface area contributed by atoms with Crippen molar-refractivity contribution >= 4 is 6.09 Å². The zero-order chi connectivity index (χ0) is 15.8. The fourth-order valence-corrected chi connectivity index (χ4v) is 3.52. The average Bonchev–Trinajstić information content (AvgIpc) is 2.90. The highest BCUT2D eigenvalue weighted by atomic mass is 16.6. The number of carbonyl (C=O) groups excluding carboxylic acids is 1. The van der Waals surface area contributed by atoms with Gasteiger partial charge in [-0.3, -0.25) is 0 Å². The highest BCUT2D eigenvalue weighted by Crippen LogP contribution is 2.45. The summed E-state index contributed by atoms with van der Waals surface area (Å²) in [4.78, 5) is 14.5. The van der Waals surface area contributed by atoms with Crippen LogP contribution in [0.3, 0.4) is 0 Å². The summed E-state index contributed by atoms with van der Waals surface area (Å²) in [6.45, 7) is 4.37. The molecule has 118 valence electrons. The molecule has 1 atom stereocenters. The molecule has 0 bridgehead atoms. The Labute approximate surface area is 136 Å². The first kappa shape index (κ1) is 14.3. The van der Waals surface area contributed by atoms with E-state index >= 15 is 0 Å². The maximum Gasteiger partial charge on any atom is 0.411 e. The van der Waals surface area contributed by atoms with Gasteiger partial charge in [0.05, 0.1) is 0 Å². The molecule has 1 unspecified atom stereocenters. The lowest BCUT2D eigenvalue weighted by Gasteiger charge is -2.34. The van der Waals surface area contributed by atoms with E-state index in [1.165, 1.54) is 0 Å². The van der Waals surface area contributed by atoms with Crippen LogP contribution in [0.4, 0.5) is 4.79 Å². The molecule has 2 aromatic carbocycles. The van der Waals surface area contributed by atoms with Gasteiger partial charge in [-0.15, -0.1) is 0 Å². The molecule has 1 heterocycles. The monoisotopic (exact) mass is 308 g/mol. The van der Waals surface area contributed by atoms with Crippen molar-refractivity contribution < 1.29 is 9.53 Å². The molecule has 1 N–H and O–H groups in total. The van der Waals surface area contributed by atoms with Crippen molar-refractivity contribution in [2.75, 3.05) is 19.6 Å². The van der Waals surface area contributed by atoms with Gasteiger partial charge in [0.1, 0.15) is 0 Å². The summed E-state index contributed by atoms with van der Waals surface area (Å²) < 4.78 is 5.93. The molecule has 2 aliphatic rings. The van der Waals surface area contributed by atoms with Crippen molar-refractivity contribution in [1.29, 1.82) is 0 Å². The summed E-state index contributed by atoms with van der Waals surface area (Å²) in [6, 6.07) is 16.5. The molecule has 0 aromatic heterocycles. The number of nitrogens with zero attached hydrogens (tertiary/aromatic N) is 1. The van der Waals surface area contributed by atoms with Crippen LogP contribution in [-0.4, -0.2) is 36.7 Å². The Bertz CT molecular complexity index is 698. The molecule has 1 saturated heterocycles. The van der Waals surface area contributed by atoms with Gasteiger partial charge < -0.3 is 15.0 Å². The van der Waals surface area contributed by atoms with Crippen LogP contribution in [0.2, 0.25) is 0 Å². The Hall–Kier alpha value is -2.33. The summed E-state index contributed by atoms with van der Waals surface area (Å²) in [5, 5.41) is 3.29. The third-order valence-electron chi connectivity index (χ3n) is 4.73. The highest BCUT2D eigenvalue weighted by Gasteiger charge is 2.33. The van der Waals surface area contributed by atoms with Crippen LogP contribution in [0.15, 0.2) is 48.5 Å². The normalized spacial score (nSPS) is 20.0. The van der Waals surface area contributed by atoms with Crippen molar-refractivity contribution in [3.05, 3.63) is 59.7 Å². The Kier molecular flexibility index (Phi) is 3.54. The Morgan fingerprint density at radius 3 is 2.30 bits per heavy atom. The van der Waals surface area contributed by atoms with E-state index in [4.69, 9.17) is 4.74 Å². The summed E-state index contributed by atoms with van der Waals surface area (Å²) >= 11 is 0. The maximum absolute atomic E-state index is 12.7. The number of ether oxygens (including phenoxy) is 1. The van der Waals surface area contributed by atoms with Gasteiger partial charge in [0.2, 0.25) is 0 Å². The Balaban J connectivity index is 1.65. The molecule has 2 aromatic rings. The maximum atomic E-state index is 12.7. The Morgan fingerprint density at radius 2 is 1.70 bits per heavy atom. The number of rotatable bonds is 1. The lowest BCUT2D eigenvalue weighted by Crippen LogP contribution is -2.52. The third kappa shape index (κ3) is 2.39. The minimum Gasteiger partial charge on any atom is -0.436 e. The number of hydrogen-bond donors (Lipinski definition) is 1. The number of hydrogen-bond acceptors (Lipinski definition) is 3. The second-order valence-electron chi connectivity index (χ2n) is 6.18. The van der Waals surface area contributed by atoms with E-state index in [0.29, 0.717) is 6.54 Å². The van der Waals surface area contributed by atoms with E-state index in [9.17, 15) is 4.79 Å². The number of carbonyl (C=O) groups is 1. The second-order valence-corrected chi connectivity index (χ2v) is 6.18. The lowest BCUT2D eigenvalue weighted by atomic mass is 10.1. The molecule has 4 heteroatoms. The van der Waals surface area contributed by atoms with Crippen molar-refractivity contribution in [3.63, 3.8) is 0 Å². The lowest BCUT2D eigenvalue weighted by molar-refractivity contribution is 0.0611. The zero-order valence-corrected chi connectivity index (χ0v) is 13.2. The van der Waals surface area contributed by atoms with Gasteiger partial charge in [-0.25, -0.2) is 4.79 Å². The molecule has 4 nitrogen and oxygen atoms in total. The number of amides is 1. The predicted molar refractivity (Wildman–Crippen MR) is 89.2 cm³/mol. The van der Waals surface area contributed by atoms with Crippen molar-refractivity contribution in [2.24, 2.45) is 0 Å². The van der Waals surface area contributed by atoms with Crippen LogP contribution in [-0.2, 0) is 4.74 Å². The van der Waals surface area contributed by atoms with Gasteiger partial charge in [0.25, 0.3) is 0 Å². The SMILES string of the molecule is CC1CNCCN1C(=O)OC1c2ccccc2-c2ccccc21. The van der Waals surface area contributed by atoms with Crippen molar-refractivity contribution in [3.8, 4) is 11.1 Å². The first-order valence-corrected chi connectivity index (χ1v) is 8.12. The average molecular weight is 308 g/mol. The molecule has 23 heavy (non-hydrogen) atoms. The predicted octanol–water partition coefficient (Wildman–Crippen LogP) is 3.19. The summed E-state index contributed by atoms with van der Waals surface area (Å²) in [7, 11) is 0. The van der Waals surface area contributed by atoms with E-state index < -0.39 is 0 Å². The van der Waals surface area contributed by atoms with Crippen LogP contribution in [0.25, 0.3) is 11.1 Å². The van der Waals surface area contributed by atoms with Crippen molar-refractivity contribution in [2.45, 2.75) is 19.1 Å². The Morgan fingerprint density at radius 1 is 1.09 bits per heavy atom. The second kappa shape index (κ2) is 5.70. The van der Waals surface area contributed by atoms with Gasteiger partial charge in [0.15, 0.2) is 6.10 Å². The van der Waals surface area contributed by atoms with Crippen LogP contribution in [0, 0.1) is 0 Å². The molecule has 1 fully saturated rings. The minimum atomic E-state index is -0.308. The molecular weight excluding hydrogens is 288 g/mol. The third-order valence-corrected chi connectivity index (χ3v) is 4.73. The molecule has 1 amide bonds. The number of fused-ring (bicyclic) bond motifs is 3. The standard InChI is InChI=1S/C19H20N2O2/c1-13-12-20-10-11-21(13)19(22)23-18-16-8-4-2-6-14(16)15-7-3-5-9-17(15)18/h2-9,13,18,20H,10-12H2,1H3. The van der Waals surface area contributed by atoms with Gasteiger partial charge >= 0.3 is 6.09 Å². The van der Waals surface area contributed by atoms with E-state index in [2.05, 4.69) is 29.6 Å². The van der Waals surface area contributed by atoms with Crippen LogP contribution in [0.5, 0.6) is 0 Å². The molecule has 1 aliphatic carbocycles. The van der Waals surface area contributed by atoms with E-state index in [1.54, 1.807) is 0 Å². The molecule has 1 aliphatic heterocycles. The summed E-state index contributed by atoms with van der Waals surface area (Å²) in [6.07, 6.45) is -0.535. The summed E-state index contributed by atoms with van der Waals surface area (Å²) in [5.41, 5.74) is 4.47. The van der Waals surface area contributed by atoms with Crippen LogP contribution >= 0.6 is 0 Å². The van der Waals surface area contributed by atoms with E-state index in [-0.39, 0.29) is 18.2 Å².